The molecule has 1 aliphatic rings. The normalized spacial score (nSPS) is 25.9. The van der Waals surface area contributed by atoms with E-state index < -0.39 is 36.8 Å². The van der Waals surface area contributed by atoms with Crippen LogP contribution in [0.2, 0.25) is 0 Å². The third kappa shape index (κ3) is 3.83. The fourth-order valence-electron chi connectivity index (χ4n) is 2.45. The molecule has 0 bridgehead atoms. The topological polar surface area (TPSA) is 139 Å². The molecule has 0 aliphatic carbocycles. The van der Waals surface area contributed by atoms with Crippen molar-refractivity contribution in [3.05, 3.63) is 52.8 Å². The maximum atomic E-state index is 12.1. The van der Waals surface area contributed by atoms with E-state index in [2.05, 4.69) is 15.4 Å². The number of nitrogens with one attached hydrogen (secondary N) is 1. The van der Waals surface area contributed by atoms with Crippen LogP contribution in [0.4, 0.5) is 5.82 Å². The number of rotatable bonds is 6. The maximum Gasteiger partial charge on any atom is 0.351 e. The summed E-state index contributed by atoms with van der Waals surface area (Å²) >= 11 is 0. The molecule has 25 heavy (non-hydrogen) atoms. The van der Waals surface area contributed by atoms with Gasteiger partial charge in [0.05, 0.1) is 13.2 Å². The zero-order chi connectivity index (χ0) is 17.8. The second kappa shape index (κ2) is 7.68. The largest absolute Gasteiger partial charge is 0.394 e. The van der Waals surface area contributed by atoms with Crippen LogP contribution < -0.4 is 11.2 Å². The van der Waals surface area contributed by atoms with Gasteiger partial charge in [0.25, 0.3) is 0 Å². The lowest BCUT2D eigenvalue weighted by atomic mass is 10.1. The third-order valence-electron chi connectivity index (χ3n) is 3.79. The number of pyridine rings is 1. The van der Waals surface area contributed by atoms with E-state index in [1.165, 1.54) is 12.3 Å². The van der Waals surface area contributed by atoms with E-state index in [0.717, 1.165) is 10.1 Å². The van der Waals surface area contributed by atoms with Gasteiger partial charge >= 0.3 is 5.69 Å². The molecule has 2 aromatic rings. The van der Waals surface area contributed by atoms with Crippen molar-refractivity contribution < 1.29 is 24.9 Å². The number of ether oxygens (including phenoxy) is 1. The van der Waals surface area contributed by atoms with E-state index in [1.54, 1.807) is 24.5 Å². The Morgan fingerprint density at radius 2 is 2.00 bits per heavy atom. The highest BCUT2D eigenvalue weighted by Gasteiger charge is 2.43. The molecule has 0 aromatic carbocycles. The molecule has 0 amide bonds. The van der Waals surface area contributed by atoms with Gasteiger partial charge in [-0.25, -0.2) is 10.3 Å². The molecule has 0 spiro atoms. The minimum atomic E-state index is -1.35. The lowest BCUT2D eigenvalue weighted by Gasteiger charge is -2.17. The summed E-state index contributed by atoms with van der Waals surface area (Å²) in [6.45, 7) is -0.221. The third-order valence-corrected chi connectivity index (χ3v) is 3.79. The summed E-state index contributed by atoms with van der Waals surface area (Å²) in [6, 6.07) is 5.03. The molecular weight excluding hydrogens is 332 g/mol. The van der Waals surface area contributed by atoms with Gasteiger partial charge < -0.3 is 20.1 Å². The summed E-state index contributed by atoms with van der Waals surface area (Å²) in [5.74, 6) is 0.182. The van der Waals surface area contributed by atoms with Gasteiger partial charge in [-0.05, 0) is 23.8 Å². The molecule has 2 aromatic heterocycles. The monoisotopic (exact) mass is 350 g/mol. The molecule has 10 heteroatoms. The summed E-state index contributed by atoms with van der Waals surface area (Å²) in [6.07, 6.45) is -0.0967. The average Bonchev–Trinajstić information content (AvgIpc) is 2.91. The number of nitrogens with zero attached hydrogens (tertiary/aromatic N) is 3. The van der Waals surface area contributed by atoms with Crippen molar-refractivity contribution in [2.75, 3.05) is 12.1 Å². The Morgan fingerprint density at radius 3 is 2.64 bits per heavy atom. The van der Waals surface area contributed by atoms with Crippen LogP contribution in [0, 0.1) is 0 Å². The van der Waals surface area contributed by atoms with Gasteiger partial charge in [-0.1, -0.05) is 0 Å². The van der Waals surface area contributed by atoms with Crippen molar-refractivity contribution in [1.82, 2.24) is 14.5 Å². The first kappa shape index (κ1) is 17.5. The molecule has 4 atom stereocenters. The van der Waals surface area contributed by atoms with E-state index >= 15 is 0 Å². The summed E-state index contributed by atoms with van der Waals surface area (Å²) < 4.78 is 6.34. The van der Waals surface area contributed by atoms with Crippen LogP contribution in [0.3, 0.4) is 0 Å². The smallest absolute Gasteiger partial charge is 0.351 e. The fourth-order valence-corrected chi connectivity index (χ4v) is 2.45. The van der Waals surface area contributed by atoms with Crippen molar-refractivity contribution in [2.24, 2.45) is 0 Å². The molecule has 3 rings (SSSR count). The SMILES string of the molecule is O=c1nc(NOCc2ccncc2)ccn1[C@@H]1O[C@H](CO)[C@@H](O)[C@H]1O. The van der Waals surface area contributed by atoms with Crippen LogP contribution in [-0.2, 0) is 16.2 Å². The lowest BCUT2D eigenvalue weighted by molar-refractivity contribution is -0.0549. The lowest BCUT2D eigenvalue weighted by Crippen LogP contribution is -2.36. The van der Waals surface area contributed by atoms with Crippen LogP contribution in [0.1, 0.15) is 11.8 Å². The van der Waals surface area contributed by atoms with Crippen LogP contribution >= 0.6 is 0 Å². The second-order valence-corrected chi connectivity index (χ2v) is 5.48. The highest BCUT2D eigenvalue weighted by atomic mass is 16.6. The van der Waals surface area contributed by atoms with Crippen molar-refractivity contribution in [2.45, 2.75) is 31.1 Å². The highest BCUT2D eigenvalue weighted by molar-refractivity contribution is 5.28. The Balaban J connectivity index is 1.64. The quantitative estimate of drug-likeness (QED) is 0.473. The number of hydrogen-bond acceptors (Lipinski definition) is 9. The number of hydrogen-bond donors (Lipinski definition) is 4. The molecule has 0 radical (unpaired) electrons. The Kier molecular flexibility index (Phi) is 5.36. The van der Waals surface area contributed by atoms with E-state index in [0.29, 0.717) is 0 Å². The first-order valence-electron chi connectivity index (χ1n) is 7.58. The molecule has 1 saturated heterocycles. The summed E-state index contributed by atoms with van der Waals surface area (Å²) in [5.41, 5.74) is 2.74. The van der Waals surface area contributed by atoms with Gasteiger partial charge in [0.2, 0.25) is 0 Å². The van der Waals surface area contributed by atoms with Gasteiger partial charge in [-0.15, -0.1) is 0 Å². The molecule has 0 saturated carbocycles. The Morgan fingerprint density at radius 1 is 1.24 bits per heavy atom. The minimum absolute atomic E-state index is 0.182. The number of anilines is 1. The van der Waals surface area contributed by atoms with Crippen LogP contribution in [0.15, 0.2) is 41.6 Å². The fraction of sp³-hybridized carbons (Fsp3) is 0.400. The molecule has 134 valence electrons. The zero-order valence-corrected chi connectivity index (χ0v) is 13.1. The second-order valence-electron chi connectivity index (χ2n) is 5.48. The van der Waals surface area contributed by atoms with Crippen molar-refractivity contribution in [3.63, 3.8) is 0 Å². The molecule has 0 unspecified atom stereocenters. The molecule has 3 heterocycles. The zero-order valence-electron chi connectivity index (χ0n) is 13.1. The molecule has 1 fully saturated rings. The van der Waals surface area contributed by atoms with Crippen LogP contribution in [0.25, 0.3) is 0 Å². The van der Waals surface area contributed by atoms with E-state index in [9.17, 15) is 15.0 Å². The van der Waals surface area contributed by atoms with Gasteiger partial charge in [0.1, 0.15) is 18.3 Å². The van der Waals surface area contributed by atoms with E-state index in [-0.39, 0.29) is 12.4 Å². The minimum Gasteiger partial charge on any atom is -0.394 e. The maximum absolute atomic E-state index is 12.1. The van der Waals surface area contributed by atoms with Gasteiger partial charge in [-0.3, -0.25) is 14.4 Å². The van der Waals surface area contributed by atoms with Crippen molar-refractivity contribution >= 4 is 5.82 Å². The average molecular weight is 350 g/mol. The van der Waals surface area contributed by atoms with Gasteiger partial charge in [-0.2, -0.15) is 4.98 Å². The van der Waals surface area contributed by atoms with E-state index in [4.69, 9.17) is 14.7 Å². The molecule has 1 aliphatic heterocycles. The summed E-state index contributed by atoms with van der Waals surface area (Å²) in [7, 11) is 0. The molecule has 10 nitrogen and oxygen atoms in total. The first-order valence-corrected chi connectivity index (χ1v) is 7.58. The predicted molar refractivity (Wildman–Crippen MR) is 84.2 cm³/mol. The number of aliphatic hydroxyl groups excluding tert-OH is 3. The highest BCUT2D eigenvalue weighted by Crippen LogP contribution is 2.28. The Hall–Kier alpha value is -2.37. The molecule has 4 N–H and O–H groups in total. The van der Waals surface area contributed by atoms with Crippen molar-refractivity contribution in [3.8, 4) is 0 Å². The Bertz CT molecular complexity index is 755. The van der Waals surface area contributed by atoms with Crippen molar-refractivity contribution in [1.29, 1.82) is 0 Å². The van der Waals surface area contributed by atoms with Crippen LogP contribution in [-0.4, -0.2) is 54.8 Å². The van der Waals surface area contributed by atoms with E-state index in [1.807, 2.05) is 0 Å². The number of aromatic nitrogens is 3. The van der Waals surface area contributed by atoms with Crippen LogP contribution in [0.5, 0.6) is 0 Å². The van der Waals surface area contributed by atoms with Gasteiger partial charge in [0, 0.05) is 18.6 Å². The van der Waals surface area contributed by atoms with Gasteiger partial charge in [0.15, 0.2) is 12.0 Å². The molecular formula is C15H18N4O6. The summed E-state index contributed by atoms with van der Waals surface area (Å²) in [4.78, 5) is 25.1. The summed E-state index contributed by atoms with van der Waals surface area (Å²) in [5, 5.41) is 28.8. The first-order chi connectivity index (χ1) is 12.1. The predicted octanol–water partition coefficient (Wildman–Crippen LogP) is -1.21. The standard InChI is InChI=1S/C15H18N4O6/c20-7-10-12(21)13(22)14(25-10)19-6-3-11(17-15(19)23)18-24-8-9-1-4-16-5-2-9/h1-6,10,12-14,20-22H,7-8H2,(H,17,18,23)/t10-,12-,13-,14-/m1/s1. The Labute approximate surface area is 142 Å². The number of aliphatic hydroxyl groups is 3.